The second-order valence-electron chi connectivity index (χ2n) is 8.28. The molecule has 4 rings (SSSR count). The van der Waals surface area contributed by atoms with Gasteiger partial charge in [-0.15, -0.1) is 0 Å². The van der Waals surface area contributed by atoms with Gasteiger partial charge in [0, 0.05) is 23.2 Å². The highest BCUT2D eigenvalue weighted by molar-refractivity contribution is 6.08. The molecule has 5 heteroatoms. The molecule has 1 amide bonds. The standard InChI is InChI=1S/C24H28N2O3/c25-20-13-18-7-4-8-19(14-20)23(18)26-22(27)15-29-21-11-9-17(10-12-21)24(28)16-5-2-1-3-6-16/h1-3,5-6,9-12,18-20,23H,4,7-8,13-15,25H2,(H,26,27). The Morgan fingerprint density at radius 2 is 1.55 bits per heavy atom. The van der Waals surface area contributed by atoms with Crippen molar-refractivity contribution in [2.24, 2.45) is 17.6 Å². The van der Waals surface area contributed by atoms with Crippen LogP contribution in [-0.2, 0) is 4.79 Å². The number of amides is 1. The molecule has 2 unspecified atom stereocenters. The second-order valence-corrected chi connectivity index (χ2v) is 8.28. The summed E-state index contributed by atoms with van der Waals surface area (Å²) in [6.07, 6.45) is 5.53. The van der Waals surface area contributed by atoms with Crippen LogP contribution in [0.25, 0.3) is 0 Å². The van der Waals surface area contributed by atoms with Crippen molar-refractivity contribution in [1.29, 1.82) is 0 Å². The van der Waals surface area contributed by atoms with E-state index in [0.717, 1.165) is 25.7 Å². The topological polar surface area (TPSA) is 81.4 Å². The van der Waals surface area contributed by atoms with Gasteiger partial charge < -0.3 is 15.8 Å². The van der Waals surface area contributed by atoms with Crippen LogP contribution in [0.3, 0.4) is 0 Å². The van der Waals surface area contributed by atoms with Gasteiger partial charge in [0.05, 0.1) is 0 Å². The summed E-state index contributed by atoms with van der Waals surface area (Å²) < 4.78 is 5.65. The lowest BCUT2D eigenvalue weighted by molar-refractivity contribution is -0.125. The van der Waals surface area contributed by atoms with Gasteiger partial charge in [0.25, 0.3) is 5.91 Å². The minimum absolute atomic E-state index is 0.0199. The SMILES string of the molecule is NC1CC2CCCC(C1)C2NC(=O)COc1ccc(C(=O)c2ccccc2)cc1. The third-order valence-corrected chi connectivity index (χ3v) is 6.23. The molecule has 2 fully saturated rings. The van der Waals surface area contributed by atoms with Crippen molar-refractivity contribution in [1.82, 2.24) is 5.32 Å². The van der Waals surface area contributed by atoms with E-state index in [1.54, 1.807) is 36.4 Å². The molecule has 0 heterocycles. The van der Waals surface area contributed by atoms with E-state index in [2.05, 4.69) is 5.32 Å². The molecule has 0 saturated heterocycles. The number of benzene rings is 2. The van der Waals surface area contributed by atoms with Gasteiger partial charge in [-0.3, -0.25) is 9.59 Å². The first-order chi connectivity index (χ1) is 14.1. The van der Waals surface area contributed by atoms with E-state index in [1.807, 2.05) is 18.2 Å². The number of hydrogen-bond donors (Lipinski definition) is 2. The van der Waals surface area contributed by atoms with Gasteiger partial charge in [-0.05, 0) is 61.8 Å². The molecule has 0 aromatic heterocycles. The zero-order valence-corrected chi connectivity index (χ0v) is 16.6. The van der Waals surface area contributed by atoms with Crippen LogP contribution in [0.1, 0.15) is 48.0 Å². The molecule has 2 aromatic carbocycles. The number of carbonyl (C=O) groups is 2. The first-order valence-electron chi connectivity index (χ1n) is 10.5. The molecule has 2 aliphatic rings. The summed E-state index contributed by atoms with van der Waals surface area (Å²) in [6, 6.07) is 16.6. The lowest BCUT2D eigenvalue weighted by Crippen LogP contribution is -2.54. The molecule has 2 aliphatic carbocycles. The third-order valence-electron chi connectivity index (χ3n) is 6.23. The Bertz CT molecular complexity index is 836. The van der Waals surface area contributed by atoms with Gasteiger partial charge in [0.2, 0.25) is 0 Å². The number of carbonyl (C=O) groups excluding carboxylic acids is 2. The summed E-state index contributed by atoms with van der Waals surface area (Å²) >= 11 is 0. The van der Waals surface area contributed by atoms with Crippen LogP contribution in [0.15, 0.2) is 54.6 Å². The van der Waals surface area contributed by atoms with E-state index >= 15 is 0 Å². The summed E-state index contributed by atoms with van der Waals surface area (Å²) in [6.45, 7) is -0.0199. The average Bonchev–Trinajstić information content (AvgIpc) is 2.73. The van der Waals surface area contributed by atoms with Crippen molar-refractivity contribution >= 4 is 11.7 Å². The average molecular weight is 392 g/mol. The van der Waals surface area contributed by atoms with Crippen LogP contribution in [0.2, 0.25) is 0 Å². The highest BCUT2D eigenvalue weighted by Crippen LogP contribution is 2.39. The Balaban J connectivity index is 1.30. The fraction of sp³-hybridized carbons (Fsp3) is 0.417. The van der Waals surface area contributed by atoms with E-state index in [9.17, 15) is 9.59 Å². The van der Waals surface area contributed by atoms with E-state index in [-0.39, 0.29) is 30.4 Å². The minimum Gasteiger partial charge on any atom is -0.484 e. The maximum absolute atomic E-state index is 12.4. The number of ether oxygens (including phenoxy) is 1. The quantitative estimate of drug-likeness (QED) is 0.739. The summed E-state index contributed by atoms with van der Waals surface area (Å²) in [5.74, 6) is 1.44. The number of fused-ring (bicyclic) bond motifs is 2. The molecule has 152 valence electrons. The lowest BCUT2D eigenvalue weighted by Gasteiger charge is -2.45. The number of hydrogen-bond acceptors (Lipinski definition) is 4. The predicted molar refractivity (Wildman–Crippen MR) is 112 cm³/mol. The van der Waals surface area contributed by atoms with Gasteiger partial charge in [0.1, 0.15) is 5.75 Å². The van der Waals surface area contributed by atoms with Crippen molar-refractivity contribution in [3.8, 4) is 5.75 Å². The monoisotopic (exact) mass is 392 g/mol. The number of nitrogens with one attached hydrogen (secondary N) is 1. The Hall–Kier alpha value is -2.66. The fourth-order valence-electron chi connectivity index (χ4n) is 4.86. The number of rotatable bonds is 6. The highest BCUT2D eigenvalue weighted by Gasteiger charge is 2.39. The molecule has 0 aliphatic heterocycles. The van der Waals surface area contributed by atoms with Crippen LogP contribution < -0.4 is 15.8 Å². The molecule has 2 atom stereocenters. The third kappa shape index (κ3) is 4.67. The first-order valence-corrected chi connectivity index (χ1v) is 10.5. The molecule has 2 bridgehead atoms. The molecule has 3 N–H and O–H groups in total. The number of ketones is 1. The molecule has 2 saturated carbocycles. The van der Waals surface area contributed by atoms with Crippen LogP contribution >= 0.6 is 0 Å². The maximum Gasteiger partial charge on any atom is 0.258 e. The molecule has 29 heavy (non-hydrogen) atoms. The summed E-state index contributed by atoms with van der Waals surface area (Å²) in [5.41, 5.74) is 7.41. The molecule has 0 spiro atoms. The largest absolute Gasteiger partial charge is 0.484 e. The molecular formula is C24H28N2O3. The Labute approximate surface area is 171 Å². The van der Waals surface area contributed by atoms with Crippen molar-refractivity contribution < 1.29 is 14.3 Å². The molecule has 5 nitrogen and oxygen atoms in total. The van der Waals surface area contributed by atoms with Crippen molar-refractivity contribution in [3.63, 3.8) is 0 Å². The van der Waals surface area contributed by atoms with Gasteiger partial charge in [-0.25, -0.2) is 0 Å². The van der Waals surface area contributed by atoms with E-state index in [4.69, 9.17) is 10.5 Å². The molecule has 2 aromatic rings. The van der Waals surface area contributed by atoms with Gasteiger partial charge in [-0.1, -0.05) is 36.8 Å². The van der Waals surface area contributed by atoms with Gasteiger partial charge in [-0.2, -0.15) is 0 Å². The lowest BCUT2D eigenvalue weighted by atomic mass is 9.67. The molecule has 0 radical (unpaired) electrons. The zero-order chi connectivity index (χ0) is 20.2. The fourth-order valence-corrected chi connectivity index (χ4v) is 4.86. The van der Waals surface area contributed by atoms with E-state index < -0.39 is 0 Å². The predicted octanol–water partition coefficient (Wildman–Crippen LogP) is 3.32. The van der Waals surface area contributed by atoms with Crippen LogP contribution in [0.4, 0.5) is 0 Å². The normalized spacial score (nSPS) is 25.8. The van der Waals surface area contributed by atoms with Crippen molar-refractivity contribution in [2.45, 2.75) is 44.2 Å². The Morgan fingerprint density at radius 3 is 2.21 bits per heavy atom. The maximum atomic E-state index is 12.4. The van der Waals surface area contributed by atoms with Crippen LogP contribution in [0, 0.1) is 11.8 Å². The van der Waals surface area contributed by atoms with Crippen LogP contribution in [-0.4, -0.2) is 30.4 Å². The Kier molecular flexibility index (Phi) is 5.95. The minimum atomic E-state index is -0.0909. The summed E-state index contributed by atoms with van der Waals surface area (Å²) in [5, 5.41) is 3.19. The smallest absolute Gasteiger partial charge is 0.258 e. The number of nitrogens with two attached hydrogens (primary N) is 1. The van der Waals surface area contributed by atoms with Gasteiger partial charge >= 0.3 is 0 Å². The first kappa shape index (κ1) is 19.6. The zero-order valence-electron chi connectivity index (χ0n) is 16.6. The van der Waals surface area contributed by atoms with E-state index in [1.165, 1.54) is 6.42 Å². The second kappa shape index (κ2) is 8.78. The van der Waals surface area contributed by atoms with Crippen molar-refractivity contribution in [3.05, 3.63) is 65.7 Å². The van der Waals surface area contributed by atoms with Gasteiger partial charge in [0.15, 0.2) is 12.4 Å². The van der Waals surface area contributed by atoms with E-state index in [0.29, 0.717) is 28.7 Å². The summed E-state index contributed by atoms with van der Waals surface area (Å²) in [4.78, 5) is 24.9. The summed E-state index contributed by atoms with van der Waals surface area (Å²) in [7, 11) is 0. The van der Waals surface area contributed by atoms with Crippen molar-refractivity contribution in [2.75, 3.05) is 6.61 Å². The molecular weight excluding hydrogens is 364 g/mol. The van der Waals surface area contributed by atoms with Crippen LogP contribution in [0.5, 0.6) is 5.75 Å². The Morgan fingerprint density at radius 1 is 0.931 bits per heavy atom. The highest BCUT2D eigenvalue weighted by atomic mass is 16.5.